The molecule has 6 nitrogen and oxygen atoms in total. The molecule has 2 heterocycles. The van der Waals surface area contributed by atoms with Gasteiger partial charge in [-0.05, 0) is 70.8 Å². The van der Waals surface area contributed by atoms with Gasteiger partial charge in [0, 0.05) is 10.8 Å². The standard InChI is InChI=1S/C37H40O6/c1-36(2,26-5-13-30(14-6-26)38-21-34-23-40-34)28-9-17-32(18-10-28)42-25-43-33-19-11-29(12-20-33)37(3,4)27-7-15-31(16-8-27)39-22-35-24-41-35/h5-20,34-35H,21-25H2,1-4H3. The van der Waals surface area contributed by atoms with Crippen LogP contribution < -0.4 is 18.9 Å². The third-order valence-corrected chi connectivity index (χ3v) is 8.43. The van der Waals surface area contributed by atoms with Crippen molar-refractivity contribution in [3.8, 4) is 23.0 Å². The van der Waals surface area contributed by atoms with E-state index in [9.17, 15) is 0 Å². The van der Waals surface area contributed by atoms with Gasteiger partial charge in [0.25, 0.3) is 0 Å². The van der Waals surface area contributed by atoms with Crippen LogP contribution in [0.1, 0.15) is 49.9 Å². The van der Waals surface area contributed by atoms with E-state index in [4.69, 9.17) is 28.4 Å². The molecule has 0 saturated carbocycles. The summed E-state index contributed by atoms with van der Waals surface area (Å²) in [6, 6.07) is 33.1. The Morgan fingerprint density at radius 2 is 0.721 bits per heavy atom. The zero-order valence-electron chi connectivity index (χ0n) is 25.4. The van der Waals surface area contributed by atoms with E-state index >= 15 is 0 Å². The van der Waals surface area contributed by atoms with Crippen molar-refractivity contribution in [1.29, 1.82) is 0 Å². The molecule has 4 aromatic carbocycles. The van der Waals surface area contributed by atoms with Crippen LogP contribution in [0.25, 0.3) is 0 Å². The van der Waals surface area contributed by atoms with Crippen molar-refractivity contribution in [2.24, 2.45) is 0 Å². The second-order valence-corrected chi connectivity index (χ2v) is 12.3. The average Bonchev–Trinajstić information content (AvgIpc) is 3.96. The maximum absolute atomic E-state index is 5.90. The zero-order chi connectivity index (χ0) is 29.9. The molecular weight excluding hydrogens is 540 g/mol. The van der Waals surface area contributed by atoms with E-state index in [1.165, 1.54) is 22.3 Å². The minimum Gasteiger partial charge on any atom is -0.491 e. The first kappa shape index (κ1) is 29.1. The molecule has 2 aliphatic heterocycles. The van der Waals surface area contributed by atoms with Crippen molar-refractivity contribution >= 4 is 0 Å². The van der Waals surface area contributed by atoms with Crippen molar-refractivity contribution in [2.75, 3.05) is 33.2 Å². The Bertz CT molecular complexity index is 1350. The molecule has 0 aromatic heterocycles. The topological polar surface area (TPSA) is 62.0 Å². The number of epoxide rings is 2. The van der Waals surface area contributed by atoms with Crippen LogP contribution in [0.3, 0.4) is 0 Å². The molecule has 0 radical (unpaired) electrons. The van der Waals surface area contributed by atoms with Crippen LogP contribution in [0, 0.1) is 0 Å². The molecule has 6 rings (SSSR count). The van der Waals surface area contributed by atoms with Gasteiger partial charge in [0.05, 0.1) is 13.2 Å². The first-order valence-corrected chi connectivity index (χ1v) is 14.9. The predicted octanol–water partition coefficient (Wildman–Crippen LogP) is 7.31. The Hall–Kier alpha value is -4.00. The van der Waals surface area contributed by atoms with E-state index in [0.29, 0.717) is 13.2 Å². The normalized spacial score (nSPS) is 17.7. The molecular formula is C37H40O6. The first-order valence-electron chi connectivity index (χ1n) is 14.9. The fourth-order valence-corrected chi connectivity index (χ4v) is 5.08. The summed E-state index contributed by atoms with van der Waals surface area (Å²) in [5.41, 5.74) is 4.52. The third kappa shape index (κ3) is 7.32. The van der Waals surface area contributed by atoms with E-state index in [-0.39, 0.29) is 29.8 Å². The zero-order valence-corrected chi connectivity index (χ0v) is 25.4. The Kier molecular flexibility index (Phi) is 8.33. The lowest BCUT2D eigenvalue weighted by molar-refractivity contribution is 0.120. The summed E-state index contributed by atoms with van der Waals surface area (Å²) in [7, 11) is 0. The molecule has 0 bridgehead atoms. The molecule has 0 aliphatic carbocycles. The number of hydrogen-bond acceptors (Lipinski definition) is 6. The van der Waals surface area contributed by atoms with Gasteiger partial charge in [-0.25, -0.2) is 0 Å². The Balaban J connectivity index is 0.991. The highest BCUT2D eigenvalue weighted by Crippen LogP contribution is 2.35. The predicted molar refractivity (Wildman–Crippen MR) is 167 cm³/mol. The highest BCUT2D eigenvalue weighted by Gasteiger charge is 2.26. The molecule has 4 aromatic rings. The lowest BCUT2D eigenvalue weighted by Crippen LogP contribution is -2.19. The molecule has 2 unspecified atom stereocenters. The lowest BCUT2D eigenvalue weighted by Gasteiger charge is -2.26. The summed E-state index contributed by atoms with van der Waals surface area (Å²) in [5.74, 6) is 3.27. The quantitative estimate of drug-likeness (QED) is 0.115. The third-order valence-electron chi connectivity index (χ3n) is 8.43. The Morgan fingerprint density at radius 1 is 0.465 bits per heavy atom. The molecule has 2 fully saturated rings. The van der Waals surface area contributed by atoms with Crippen LogP contribution in [-0.2, 0) is 20.3 Å². The summed E-state index contributed by atoms with van der Waals surface area (Å²) in [6.45, 7) is 11.8. The van der Waals surface area contributed by atoms with Gasteiger partial charge in [-0.15, -0.1) is 0 Å². The monoisotopic (exact) mass is 580 g/mol. The summed E-state index contributed by atoms with van der Waals surface area (Å²) in [5, 5.41) is 0. The van der Waals surface area contributed by atoms with Crippen LogP contribution in [0.5, 0.6) is 23.0 Å². The molecule has 2 aliphatic rings. The van der Waals surface area contributed by atoms with E-state index in [1.54, 1.807) is 0 Å². The first-order chi connectivity index (χ1) is 20.8. The Labute approximate surface area is 254 Å². The van der Waals surface area contributed by atoms with Crippen molar-refractivity contribution in [2.45, 2.75) is 50.7 Å². The SMILES string of the molecule is CC(C)(c1ccc(OCOc2ccc(C(C)(C)c3ccc(OCC4CO4)cc3)cc2)cc1)c1ccc(OCC2CO2)cc1. The van der Waals surface area contributed by atoms with E-state index < -0.39 is 0 Å². The second-order valence-electron chi connectivity index (χ2n) is 12.3. The lowest BCUT2D eigenvalue weighted by atomic mass is 9.78. The van der Waals surface area contributed by atoms with E-state index in [0.717, 1.165) is 36.2 Å². The van der Waals surface area contributed by atoms with Gasteiger partial charge in [0.15, 0.2) is 0 Å². The molecule has 2 saturated heterocycles. The largest absolute Gasteiger partial charge is 0.491 e. The fourth-order valence-electron chi connectivity index (χ4n) is 5.08. The summed E-state index contributed by atoms with van der Waals surface area (Å²) < 4.78 is 33.8. The average molecular weight is 581 g/mol. The van der Waals surface area contributed by atoms with Gasteiger partial charge in [-0.2, -0.15) is 0 Å². The van der Waals surface area contributed by atoms with Crippen molar-refractivity contribution < 1.29 is 28.4 Å². The fraction of sp³-hybridized carbons (Fsp3) is 0.351. The number of hydrogen-bond donors (Lipinski definition) is 0. The van der Waals surface area contributed by atoms with Gasteiger partial charge in [-0.3, -0.25) is 0 Å². The van der Waals surface area contributed by atoms with Crippen molar-refractivity contribution in [1.82, 2.24) is 0 Å². The Morgan fingerprint density at radius 3 is 0.977 bits per heavy atom. The molecule has 0 N–H and O–H groups in total. The summed E-state index contributed by atoms with van der Waals surface area (Å²) in [6.07, 6.45) is 0.507. The van der Waals surface area contributed by atoms with Crippen molar-refractivity contribution in [3.05, 3.63) is 119 Å². The molecule has 0 spiro atoms. The van der Waals surface area contributed by atoms with Crippen LogP contribution in [0.15, 0.2) is 97.1 Å². The van der Waals surface area contributed by atoms with Crippen LogP contribution >= 0.6 is 0 Å². The van der Waals surface area contributed by atoms with Gasteiger partial charge >= 0.3 is 0 Å². The number of rotatable bonds is 14. The van der Waals surface area contributed by atoms with Crippen LogP contribution in [-0.4, -0.2) is 45.4 Å². The summed E-state index contributed by atoms with van der Waals surface area (Å²) in [4.78, 5) is 0. The van der Waals surface area contributed by atoms with Gasteiger partial charge < -0.3 is 28.4 Å². The highest BCUT2D eigenvalue weighted by atomic mass is 16.7. The molecule has 43 heavy (non-hydrogen) atoms. The highest BCUT2D eigenvalue weighted by molar-refractivity contribution is 5.43. The van der Waals surface area contributed by atoms with Crippen LogP contribution in [0.4, 0.5) is 0 Å². The summed E-state index contributed by atoms with van der Waals surface area (Å²) >= 11 is 0. The number of benzene rings is 4. The van der Waals surface area contributed by atoms with Crippen molar-refractivity contribution in [3.63, 3.8) is 0 Å². The van der Waals surface area contributed by atoms with Gasteiger partial charge in [-0.1, -0.05) is 76.2 Å². The smallest absolute Gasteiger partial charge is 0.230 e. The second kappa shape index (κ2) is 12.3. The molecule has 224 valence electrons. The maximum atomic E-state index is 5.90. The van der Waals surface area contributed by atoms with E-state index in [2.05, 4.69) is 76.2 Å². The minimum atomic E-state index is -0.163. The number of ether oxygens (including phenoxy) is 6. The van der Waals surface area contributed by atoms with Gasteiger partial charge in [0.2, 0.25) is 6.79 Å². The van der Waals surface area contributed by atoms with Gasteiger partial charge in [0.1, 0.15) is 48.4 Å². The minimum absolute atomic E-state index is 0.131. The molecule has 0 amide bonds. The molecule has 2 atom stereocenters. The van der Waals surface area contributed by atoms with E-state index in [1.807, 2.05) is 48.5 Å². The van der Waals surface area contributed by atoms with Crippen LogP contribution in [0.2, 0.25) is 0 Å². The molecule has 6 heteroatoms. The maximum Gasteiger partial charge on any atom is 0.230 e.